The minimum Gasteiger partial charge on any atom is -0.103 e. The lowest BCUT2D eigenvalue weighted by Gasteiger charge is -1.97. The average molecular weight is 110 g/mol. The molecule has 0 amide bonds. The lowest BCUT2D eigenvalue weighted by molar-refractivity contribution is 0.744. The van der Waals surface area contributed by atoms with Gasteiger partial charge in [0.2, 0.25) is 0 Å². The third-order valence-electron chi connectivity index (χ3n) is 1.06. The average Bonchev–Trinajstić information content (AvgIpc) is 1.68. The third kappa shape index (κ3) is 3.66. The molecule has 0 aliphatic rings. The van der Waals surface area contributed by atoms with Gasteiger partial charge in [-0.25, -0.2) is 0 Å². The zero-order chi connectivity index (χ0) is 6.41. The highest BCUT2D eigenvalue weighted by molar-refractivity contribution is 4.86. The van der Waals surface area contributed by atoms with Gasteiger partial charge in [-0.1, -0.05) is 25.2 Å². The quantitative estimate of drug-likeness (QED) is 0.490. The molecular formula is C8H14. The highest BCUT2D eigenvalue weighted by Gasteiger charge is 1.88. The molecule has 0 radical (unpaired) electrons. The Kier molecular flexibility index (Phi) is 4.33. The highest BCUT2D eigenvalue weighted by Crippen LogP contribution is 2.02. The normalized spacial score (nSPS) is 14.2. The maximum Gasteiger partial charge on any atom is -0.0228 e. The van der Waals surface area contributed by atoms with Crippen molar-refractivity contribution >= 4 is 0 Å². The third-order valence-corrected chi connectivity index (χ3v) is 1.06. The Morgan fingerprint density at radius 3 is 2.62 bits per heavy atom. The molecule has 0 spiro atoms. The van der Waals surface area contributed by atoms with Gasteiger partial charge in [-0.05, 0) is 19.3 Å². The standard InChI is InChI=1S/C8H14/c1-4-6-8(3)7-5-2/h4-5,7-8H,1,6H2,2-3H3. The van der Waals surface area contributed by atoms with Crippen LogP contribution in [-0.4, -0.2) is 0 Å². The summed E-state index contributed by atoms with van der Waals surface area (Å²) in [5.41, 5.74) is 0. The molecule has 8 heavy (non-hydrogen) atoms. The van der Waals surface area contributed by atoms with Crippen LogP contribution in [0.3, 0.4) is 0 Å². The Bertz CT molecular complexity index is 80.0. The summed E-state index contributed by atoms with van der Waals surface area (Å²) in [7, 11) is 0. The van der Waals surface area contributed by atoms with Crippen molar-refractivity contribution in [1.82, 2.24) is 0 Å². The largest absolute Gasteiger partial charge is 0.103 e. The van der Waals surface area contributed by atoms with Crippen LogP contribution in [0.15, 0.2) is 24.8 Å². The van der Waals surface area contributed by atoms with E-state index in [0.29, 0.717) is 5.92 Å². The molecular weight excluding hydrogens is 96.1 g/mol. The van der Waals surface area contributed by atoms with Crippen LogP contribution >= 0.6 is 0 Å². The predicted molar refractivity (Wildman–Crippen MR) is 38.8 cm³/mol. The van der Waals surface area contributed by atoms with Gasteiger partial charge in [0, 0.05) is 0 Å². The van der Waals surface area contributed by atoms with Gasteiger partial charge in [0.25, 0.3) is 0 Å². The van der Waals surface area contributed by atoms with Crippen LogP contribution in [0.25, 0.3) is 0 Å². The topological polar surface area (TPSA) is 0 Å². The van der Waals surface area contributed by atoms with Gasteiger partial charge in [-0.3, -0.25) is 0 Å². The number of rotatable bonds is 3. The molecule has 0 bridgehead atoms. The van der Waals surface area contributed by atoms with Gasteiger partial charge >= 0.3 is 0 Å². The first-order valence-electron chi connectivity index (χ1n) is 3.05. The second-order valence-corrected chi connectivity index (χ2v) is 2.03. The summed E-state index contributed by atoms with van der Waals surface area (Å²) < 4.78 is 0. The first-order valence-corrected chi connectivity index (χ1v) is 3.05. The molecule has 0 aromatic heterocycles. The maximum absolute atomic E-state index is 3.65. The molecule has 0 aliphatic heterocycles. The minimum absolute atomic E-state index is 0.664. The second kappa shape index (κ2) is 4.63. The highest BCUT2D eigenvalue weighted by atomic mass is 13.9. The van der Waals surface area contributed by atoms with E-state index in [0.717, 1.165) is 6.42 Å². The summed E-state index contributed by atoms with van der Waals surface area (Å²) in [6.07, 6.45) is 7.30. The van der Waals surface area contributed by atoms with Crippen molar-refractivity contribution in [3.8, 4) is 0 Å². The van der Waals surface area contributed by atoms with Crippen LogP contribution in [0.4, 0.5) is 0 Å². The van der Waals surface area contributed by atoms with E-state index in [1.807, 2.05) is 13.0 Å². The van der Waals surface area contributed by atoms with Gasteiger partial charge in [0.1, 0.15) is 0 Å². The van der Waals surface area contributed by atoms with E-state index in [1.165, 1.54) is 0 Å². The second-order valence-electron chi connectivity index (χ2n) is 2.03. The van der Waals surface area contributed by atoms with E-state index in [4.69, 9.17) is 0 Å². The molecule has 0 saturated heterocycles. The van der Waals surface area contributed by atoms with Gasteiger partial charge in [0.15, 0.2) is 0 Å². The number of hydrogen-bond acceptors (Lipinski definition) is 0. The number of hydrogen-bond donors (Lipinski definition) is 0. The molecule has 1 unspecified atom stereocenters. The predicted octanol–water partition coefficient (Wildman–Crippen LogP) is 2.77. The molecule has 1 atom stereocenters. The molecule has 0 aromatic carbocycles. The molecule has 0 aliphatic carbocycles. The summed E-state index contributed by atoms with van der Waals surface area (Å²) in [5.74, 6) is 0.664. The van der Waals surface area contributed by atoms with Crippen molar-refractivity contribution in [3.63, 3.8) is 0 Å². The number of allylic oxidation sites excluding steroid dienone is 3. The van der Waals surface area contributed by atoms with Crippen molar-refractivity contribution in [1.29, 1.82) is 0 Å². The molecule has 0 heterocycles. The summed E-state index contributed by atoms with van der Waals surface area (Å²) in [6, 6.07) is 0. The van der Waals surface area contributed by atoms with Crippen molar-refractivity contribution in [2.24, 2.45) is 5.92 Å². The Hall–Kier alpha value is -0.520. The molecule has 0 heteroatoms. The maximum atomic E-state index is 3.65. The fourth-order valence-corrected chi connectivity index (χ4v) is 0.670. The minimum atomic E-state index is 0.664. The Morgan fingerprint density at radius 2 is 2.25 bits per heavy atom. The van der Waals surface area contributed by atoms with Gasteiger partial charge in [-0.15, -0.1) is 6.58 Å². The van der Waals surface area contributed by atoms with E-state index in [-0.39, 0.29) is 0 Å². The van der Waals surface area contributed by atoms with Crippen LogP contribution in [0.5, 0.6) is 0 Å². The smallest absolute Gasteiger partial charge is 0.0228 e. The molecule has 46 valence electrons. The molecule has 0 saturated carbocycles. The van der Waals surface area contributed by atoms with E-state index in [2.05, 4.69) is 25.7 Å². The molecule has 0 fully saturated rings. The monoisotopic (exact) mass is 110 g/mol. The zero-order valence-corrected chi connectivity index (χ0v) is 5.72. The van der Waals surface area contributed by atoms with Crippen molar-refractivity contribution in [3.05, 3.63) is 24.8 Å². The summed E-state index contributed by atoms with van der Waals surface area (Å²) in [5, 5.41) is 0. The first-order chi connectivity index (χ1) is 3.81. The fraction of sp³-hybridized carbons (Fsp3) is 0.500. The Morgan fingerprint density at radius 1 is 1.62 bits per heavy atom. The molecule has 0 rings (SSSR count). The SMILES string of the molecule is C=CCC(C)C=CC. The van der Waals surface area contributed by atoms with Crippen molar-refractivity contribution in [2.75, 3.05) is 0 Å². The lowest BCUT2D eigenvalue weighted by atomic mass is 10.1. The van der Waals surface area contributed by atoms with E-state index < -0.39 is 0 Å². The van der Waals surface area contributed by atoms with E-state index in [9.17, 15) is 0 Å². The van der Waals surface area contributed by atoms with Gasteiger partial charge in [-0.2, -0.15) is 0 Å². The van der Waals surface area contributed by atoms with Crippen LogP contribution < -0.4 is 0 Å². The zero-order valence-electron chi connectivity index (χ0n) is 5.72. The van der Waals surface area contributed by atoms with Crippen molar-refractivity contribution < 1.29 is 0 Å². The van der Waals surface area contributed by atoms with Crippen LogP contribution in [-0.2, 0) is 0 Å². The summed E-state index contributed by atoms with van der Waals surface area (Å²) >= 11 is 0. The molecule has 0 aromatic rings. The molecule has 0 nitrogen and oxygen atoms in total. The first kappa shape index (κ1) is 7.48. The Balaban J connectivity index is 3.31. The van der Waals surface area contributed by atoms with Crippen LogP contribution in [0.2, 0.25) is 0 Å². The molecule has 0 N–H and O–H groups in total. The summed E-state index contributed by atoms with van der Waals surface area (Å²) in [6.45, 7) is 7.87. The van der Waals surface area contributed by atoms with Crippen LogP contribution in [0, 0.1) is 5.92 Å². The Labute approximate surface area is 51.9 Å². The van der Waals surface area contributed by atoms with Crippen molar-refractivity contribution in [2.45, 2.75) is 20.3 Å². The van der Waals surface area contributed by atoms with E-state index >= 15 is 0 Å². The van der Waals surface area contributed by atoms with Gasteiger partial charge < -0.3 is 0 Å². The van der Waals surface area contributed by atoms with E-state index in [1.54, 1.807) is 0 Å². The fourth-order valence-electron chi connectivity index (χ4n) is 0.670. The summed E-state index contributed by atoms with van der Waals surface area (Å²) in [4.78, 5) is 0. The van der Waals surface area contributed by atoms with Gasteiger partial charge in [0.05, 0.1) is 0 Å². The van der Waals surface area contributed by atoms with Crippen LogP contribution in [0.1, 0.15) is 20.3 Å². The lowest BCUT2D eigenvalue weighted by Crippen LogP contribution is -1.83.